The molecule has 7 heteroatoms. The van der Waals surface area contributed by atoms with Crippen LogP contribution in [0.4, 0.5) is 0 Å². The molecule has 4 rings (SSSR count). The van der Waals surface area contributed by atoms with Crippen LogP contribution in [0.25, 0.3) is 4.96 Å². The summed E-state index contributed by atoms with van der Waals surface area (Å²) >= 11 is 7.82. The van der Waals surface area contributed by atoms with Crippen LogP contribution in [0.3, 0.4) is 0 Å². The highest BCUT2D eigenvalue weighted by Gasteiger charge is 2.57. The summed E-state index contributed by atoms with van der Waals surface area (Å²) in [6.07, 6.45) is 1.94. The first-order valence-corrected chi connectivity index (χ1v) is 8.39. The minimum Gasteiger partial charge on any atom is -0.345 e. The molecule has 0 spiro atoms. The average Bonchev–Trinajstić information content (AvgIpc) is 2.77. The molecule has 1 aliphatic heterocycles. The second kappa shape index (κ2) is 4.44. The molecular formula is C14H17ClN4OS. The molecule has 0 radical (unpaired) electrons. The third-order valence-electron chi connectivity index (χ3n) is 4.64. The fourth-order valence-electron chi connectivity index (χ4n) is 3.58. The van der Waals surface area contributed by atoms with E-state index in [9.17, 15) is 4.79 Å². The molecule has 21 heavy (non-hydrogen) atoms. The monoisotopic (exact) mass is 324 g/mol. The van der Waals surface area contributed by atoms with Crippen LogP contribution in [0.5, 0.6) is 0 Å². The molecular weight excluding hydrogens is 308 g/mol. The standard InChI is InChI=1S/C14H17ClN4OS/c1-14(2,10-11(15)17-13-19(10)3-4-21-13)18-12(20)9-7-5-16-6-8(7)9/h3-4,7-9,16H,5-6H2,1-2H3,(H,18,20)/t7-,8?,9?/m1/s1. The van der Waals surface area contributed by atoms with E-state index in [0.717, 1.165) is 23.7 Å². The Kier molecular flexibility index (Phi) is 2.87. The number of fused-ring (bicyclic) bond motifs is 2. The van der Waals surface area contributed by atoms with Crippen molar-refractivity contribution in [1.82, 2.24) is 20.0 Å². The number of nitrogens with one attached hydrogen (secondary N) is 2. The van der Waals surface area contributed by atoms with Crippen molar-refractivity contribution in [2.24, 2.45) is 17.8 Å². The summed E-state index contributed by atoms with van der Waals surface area (Å²) in [7, 11) is 0. The Morgan fingerprint density at radius 2 is 2.24 bits per heavy atom. The Labute approximate surface area is 131 Å². The van der Waals surface area contributed by atoms with Crippen LogP contribution in [0, 0.1) is 17.8 Å². The number of aromatic nitrogens is 2. The van der Waals surface area contributed by atoms with Gasteiger partial charge in [-0.2, -0.15) is 0 Å². The zero-order chi connectivity index (χ0) is 14.8. The highest BCUT2D eigenvalue weighted by Crippen LogP contribution is 2.49. The smallest absolute Gasteiger partial charge is 0.224 e. The molecule has 2 fully saturated rings. The lowest BCUT2D eigenvalue weighted by atomic mass is 10.0. The lowest BCUT2D eigenvalue weighted by molar-refractivity contribution is -0.124. The first-order chi connectivity index (χ1) is 9.99. The van der Waals surface area contributed by atoms with Crippen LogP contribution >= 0.6 is 22.9 Å². The van der Waals surface area contributed by atoms with Crippen molar-refractivity contribution < 1.29 is 4.79 Å². The lowest BCUT2D eigenvalue weighted by Gasteiger charge is -2.26. The van der Waals surface area contributed by atoms with Crippen molar-refractivity contribution >= 4 is 33.8 Å². The van der Waals surface area contributed by atoms with Crippen molar-refractivity contribution in [3.05, 3.63) is 22.4 Å². The molecule has 1 saturated carbocycles. The minimum absolute atomic E-state index is 0.137. The topological polar surface area (TPSA) is 58.4 Å². The van der Waals surface area contributed by atoms with Crippen LogP contribution in [0.1, 0.15) is 19.5 Å². The van der Waals surface area contributed by atoms with E-state index >= 15 is 0 Å². The van der Waals surface area contributed by atoms with Gasteiger partial charge >= 0.3 is 0 Å². The van der Waals surface area contributed by atoms with E-state index in [4.69, 9.17) is 11.6 Å². The highest BCUT2D eigenvalue weighted by molar-refractivity contribution is 7.15. The number of imidazole rings is 1. The summed E-state index contributed by atoms with van der Waals surface area (Å²) in [5.74, 6) is 1.33. The zero-order valence-corrected chi connectivity index (χ0v) is 13.5. The molecule has 0 bridgehead atoms. The molecule has 5 nitrogen and oxygen atoms in total. The normalized spacial score (nSPS) is 27.9. The summed E-state index contributed by atoms with van der Waals surface area (Å²) in [4.78, 5) is 17.7. The first-order valence-electron chi connectivity index (χ1n) is 7.13. The number of amides is 1. The molecule has 3 heterocycles. The van der Waals surface area contributed by atoms with E-state index in [1.165, 1.54) is 11.3 Å². The molecule has 0 aromatic carbocycles. The van der Waals surface area contributed by atoms with Gasteiger partial charge in [0.25, 0.3) is 0 Å². The number of nitrogens with zero attached hydrogens (tertiary/aromatic N) is 2. The quantitative estimate of drug-likeness (QED) is 0.906. The number of hydrogen-bond donors (Lipinski definition) is 2. The molecule has 2 unspecified atom stereocenters. The van der Waals surface area contributed by atoms with Crippen LogP contribution < -0.4 is 10.6 Å². The third kappa shape index (κ3) is 2.00. The van der Waals surface area contributed by atoms with Crippen molar-refractivity contribution in [2.75, 3.05) is 13.1 Å². The van der Waals surface area contributed by atoms with Crippen LogP contribution in [0.2, 0.25) is 5.15 Å². The van der Waals surface area contributed by atoms with E-state index < -0.39 is 5.54 Å². The second-order valence-electron chi connectivity index (χ2n) is 6.43. The maximum Gasteiger partial charge on any atom is 0.224 e. The summed E-state index contributed by atoms with van der Waals surface area (Å²) in [5, 5.41) is 8.91. The van der Waals surface area contributed by atoms with E-state index in [-0.39, 0.29) is 11.8 Å². The van der Waals surface area contributed by atoms with E-state index in [1.807, 2.05) is 29.8 Å². The number of carbonyl (C=O) groups excluding carboxylic acids is 1. The Balaban J connectivity index is 1.59. The van der Waals surface area contributed by atoms with Gasteiger partial charge < -0.3 is 10.6 Å². The molecule has 112 valence electrons. The summed E-state index contributed by atoms with van der Waals surface area (Å²) in [6.45, 7) is 5.89. The van der Waals surface area contributed by atoms with Gasteiger partial charge in [0.05, 0.1) is 11.2 Å². The molecule has 3 atom stereocenters. The number of rotatable bonds is 3. The van der Waals surface area contributed by atoms with Gasteiger partial charge in [-0.15, -0.1) is 11.3 Å². The molecule has 2 aromatic heterocycles. The van der Waals surface area contributed by atoms with E-state index in [2.05, 4.69) is 15.6 Å². The van der Waals surface area contributed by atoms with Crippen molar-refractivity contribution in [3.63, 3.8) is 0 Å². The predicted octanol–water partition coefficient (Wildman–Crippen LogP) is 1.87. The van der Waals surface area contributed by atoms with Crippen LogP contribution in [-0.2, 0) is 10.3 Å². The van der Waals surface area contributed by atoms with Crippen LogP contribution in [-0.4, -0.2) is 28.4 Å². The SMILES string of the molecule is CC(C)(NC(=O)C1C2CNC[C@H]21)c1c(Cl)nc2sccn12. The van der Waals surface area contributed by atoms with E-state index in [1.54, 1.807) is 0 Å². The second-order valence-corrected chi connectivity index (χ2v) is 7.66. The molecule has 1 amide bonds. The molecule has 2 aliphatic rings. The number of halogens is 1. The van der Waals surface area contributed by atoms with Crippen molar-refractivity contribution in [2.45, 2.75) is 19.4 Å². The van der Waals surface area contributed by atoms with Gasteiger partial charge in [0, 0.05) is 17.5 Å². The van der Waals surface area contributed by atoms with Crippen LogP contribution in [0.15, 0.2) is 11.6 Å². The van der Waals surface area contributed by atoms with Gasteiger partial charge in [0.1, 0.15) is 0 Å². The Hall–Kier alpha value is -1.11. The number of hydrogen-bond acceptors (Lipinski definition) is 4. The van der Waals surface area contributed by atoms with Gasteiger partial charge in [-0.25, -0.2) is 4.98 Å². The van der Waals surface area contributed by atoms with E-state index in [0.29, 0.717) is 17.0 Å². The van der Waals surface area contributed by atoms with Gasteiger partial charge in [0.15, 0.2) is 10.1 Å². The molecule has 1 saturated heterocycles. The molecule has 2 N–H and O–H groups in total. The zero-order valence-electron chi connectivity index (χ0n) is 11.9. The summed E-state index contributed by atoms with van der Waals surface area (Å²) < 4.78 is 1.96. The number of thiazole rings is 1. The summed E-state index contributed by atoms with van der Waals surface area (Å²) in [5.41, 5.74) is 0.302. The average molecular weight is 325 g/mol. The lowest BCUT2D eigenvalue weighted by Crippen LogP contribution is -2.44. The third-order valence-corrected chi connectivity index (χ3v) is 5.66. The Morgan fingerprint density at radius 3 is 2.95 bits per heavy atom. The minimum atomic E-state index is -0.543. The summed E-state index contributed by atoms with van der Waals surface area (Å²) in [6, 6.07) is 0. The number of piperidine rings is 1. The Morgan fingerprint density at radius 1 is 1.52 bits per heavy atom. The largest absolute Gasteiger partial charge is 0.345 e. The van der Waals surface area contributed by atoms with Crippen molar-refractivity contribution in [3.8, 4) is 0 Å². The highest BCUT2D eigenvalue weighted by atomic mass is 35.5. The van der Waals surface area contributed by atoms with Crippen molar-refractivity contribution in [1.29, 1.82) is 0 Å². The maximum absolute atomic E-state index is 12.5. The fourth-order valence-corrected chi connectivity index (χ4v) is 4.75. The molecule has 2 aromatic rings. The maximum atomic E-state index is 12.5. The molecule has 1 aliphatic carbocycles. The van der Waals surface area contributed by atoms with Gasteiger partial charge in [0.2, 0.25) is 5.91 Å². The van der Waals surface area contributed by atoms with Gasteiger partial charge in [-0.3, -0.25) is 9.20 Å². The fraction of sp³-hybridized carbons (Fsp3) is 0.571. The predicted molar refractivity (Wildman–Crippen MR) is 82.6 cm³/mol. The Bertz CT molecular complexity index is 712. The number of carbonyl (C=O) groups is 1. The van der Waals surface area contributed by atoms with Gasteiger partial charge in [-0.1, -0.05) is 11.6 Å². The first kappa shape index (κ1) is 13.5. The van der Waals surface area contributed by atoms with Gasteiger partial charge in [-0.05, 0) is 38.8 Å².